The van der Waals surface area contributed by atoms with Gasteiger partial charge in [0.25, 0.3) is 5.91 Å². The SMILES string of the molecule is Cc1ccccc1C(=O)N(C)C. The minimum Gasteiger partial charge on any atom is -0.345 e. The molecule has 0 aliphatic heterocycles. The Kier molecular flexibility index (Phi) is 2.48. The maximum Gasteiger partial charge on any atom is 0.253 e. The molecule has 0 fully saturated rings. The minimum absolute atomic E-state index is 0.0631. The van der Waals surface area contributed by atoms with Crippen molar-refractivity contribution in [2.75, 3.05) is 14.1 Å². The van der Waals surface area contributed by atoms with E-state index in [1.54, 1.807) is 19.0 Å². The lowest BCUT2D eigenvalue weighted by atomic mass is 10.1. The molecule has 0 unspecified atom stereocenters. The van der Waals surface area contributed by atoms with Gasteiger partial charge in [-0.3, -0.25) is 4.79 Å². The van der Waals surface area contributed by atoms with Crippen molar-refractivity contribution in [2.24, 2.45) is 0 Å². The molecule has 0 aliphatic carbocycles. The average Bonchev–Trinajstić information content (AvgIpc) is 2.04. The van der Waals surface area contributed by atoms with E-state index in [0.717, 1.165) is 11.1 Å². The second kappa shape index (κ2) is 3.39. The summed E-state index contributed by atoms with van der Waals surface area (Å²) in [6, 6.07) is 7.60. The second-order valence-corrected chi connectivity index (χ2v) is 3.01. The van der Waals surface area contributed by atoms with Crippen LogP contribution < -0.4 is 0 Å². The molecular weight excluding hydrogens is 150 g/mol. The zero-order valence-corrected chi connectivity index (χ0v) is 7.66. The highest BCUT2D eigenvalue weighted by molar-refractivity contribution is 5.95. The zero-order valence-electron chi connectivity index (χ0n) is 7.66. The van der Waals surface area contributed by atoms with Crippen LogP contribution in [0.5, 0.6) is 0 Å². The lowest BCUT2D eigenvalue weighted by Crippen LogP contribution is -2.22. The number of carbonyl (C=O) groups excluding carboxylic acids is 1. The molecule has 0 spiro atoms. The van der Waals surface area contributed by atoms with Crippen LogP contribution in [0.3, 0.4) is 0 Å². The van der Waals surface area contributed by atoms with Crippen molar-refractivity contribution in [3.05, 3.63) is 35.4 Å². The molecule has 0 radical (unpaired) electrons. The third-order valence-electron chi connectivity index (χ3n) is 1.78. The summed E-state index contributed by atoms with van der Waals surface area (Å²) in [5.74, 6) is 0.0631. The van der Waals surface area contributed by atoms with Crippen LogP contribution in [0.2, 0.25) is 0 Å². The molecule has 0 aromatic heterocycles. The van der Waals surface area contributed by atoms with Crippen molar-refractivity contribution in [1.29, 1.82) is 0 Å². The Morgan fingerprint density at radius 2 is 1.83 bits per heavy atom. The molecule has 2 nitrogen and oxygen atoms in total. The topological polar surface area (TPSA) is 20.3 Å². The van der Waals surface area contributed by atoms with E-state index in [1.807, 2.05) is 31.2 Å². The van der Waals surface area contributed by atoms with Crippen LogP contribution >= 0.6 is 0 Å². The first-order valence-electron chi connectivity index (χ1n) is 3.90. The summed E-state index contributed by atoms with van der Waals surface area (Å²) >= 11 is 0. The summed E-state index contributed by atoms with van der Waals surface area (Å²) in [6.45, 7) is 1.94. The Labute approximate surface area is 72.8 Å². The van der Waals surface area contributed by atoms with E-state index in [0.29, 0.717) is 0 Å². The first-order valence-corrected chi connectivity index (χ1v) is 3.90. The highest BCUT2D eigenvalue weighted by atomic mass is 16.2. The van der Waals surface area contributed by atoms with Crippen LogP contribution in [0.15, 0.2) is 24.3 Å². The molecule has 1 rings (SSSR count). The smallest absolute Gasteiger partial charge is 0.253 e. The van der Waals surface area contributed by atoms with Gasteiger partial charge in [-0.15, -0.1) is 0 Å². The van der Waals surface area contributed by atoms with E-state index < -0.39 is 0 Å². The van der Waals surface area contributed by atoms with Crippen LogP contribution in [0.25, 0.3) is 0 Å². The monoisotopic (exact) mass is 163 g/mol. The van der Waals surface area contributed by atoms with E-state index in [2.05, 4.69) is 0 Å². The fraction of sp³-hybridized carbons (Fsp3) is 0.300. The predicted octanol–water partition coefficient (Wildman–Crippen LogP) is 1.70. The first kappa shape index (κ1) is 8.78. The molecule has 0 atom stereocenters. The molecule has 0 heterocycles. The van der Waals surface area contributed by atoms with Gasteiger partial charge in [-0.2, -0.15) is 0 Å². The molecule has 0 aliphatic rings. The van der Waals surface area contributed by atoms with E-state index in [4.69, 9.17) is 0 Å². The third kappa shape index (κ3) is 1.64. The number of benzene rings is 1. The van der Waals surface area contributed by atoms with Crippen molar-refractivity contribution < 1.29 is 4.79 Å². The maximum absolute atomic E-state index is 11.5. The Hall–Kier alpha value is -1.31. The standard InChI is InChI=1S/C10H13NO/c1-8-6-4-5-7-9(8)10(12)11(2)3/h4-7H,1-3H3. The molecule has 0 bridgehead atoms. The highest BCUT2D eigenvalue weighted by Crippen LogP contribution is 2.08. The first-order chi connectivity index (χ1) is 5.63. The molecular formula is C10H13NO. The lowest BCUT2D eigenvalue weighted by Gasteiger charge is -2.11. The van der Waals surface area contributed by atoms with E-state index in [-0.39, 0.29) is 5.91 Å². The summed E-state index contributed by atoms with van der Waals surface area (Å²) in [5, 5.41) is 0. The van der Waals surface area contributed by atoms with Crippen LogP contribution in [-0.4, -0.2) is 24.9 Å². The van der Waals surface area contributed by atoms with Gasteiger partial charge >= 0.3 is 0 Å². The number of amides is 1. The normalized spacial score (nSPS) is 9.58. The summed E-state index contributed by atoms with van der Waals surface area (Å²) < 4.78 is 0. The van der Waals surface area contributed by atoms with Crippen LogP contribution in [0.4, 0.5) is 0 Å². The zero-order chi connectivity index (χ0) is 9.14. The van der Waals surface area contributed by atoms with E-state index >= 15 is 0 Å². The highest BCUT2D eigenvalue weighted by Gasteiger charge is 2.08. The fourth-order valence-corrected chi connectivity index (χ4v) is 1.05. The van der Waals surface area contributed by atoms with Crippen LogP contribution in [0.1, 0.15) is 15.9 Å². The van der Waals surface area contributed by atoms with Crippen molar-refractivity contribution >= 4 is 5.91 Å². The second-order valence-electron chi connectivity index (χ2n) is 3.01. The van der Waals surface area contributed by atoms with Crippen LogP contribution in [0, 0.1) is 6.92 Å². The largest absolute Gasteiger partial charge is 0.345 e. The van der Waals surface area contributed by atoms with Crippen molar-refractivity contribution in [2.45, 2.75) is 6.92 Å². The van der Waals surface area contributed by atoms with Gasteiger partial charge in [0, 0.05) is 19.7 Å². The predicted molar refractivity (Wildman–Crippen MR) is 49.2 cm³/mol. The Morgan fingerprint density at radius 1 is 1.25 bits per heavy atom. The molecule has 1 amide bonds. The van der Waals surface area contributed by atoms with Gasteiger partial charge in [0.05, 0.1) is 0 Å². The van der Waals surface area contributed by atoms with E-state index in [9.17, 15) is 4.79 Å². The van der Waals surface area contributed by atoms with E-state index in [1.165, 1.54) is 0 Å². The Morgan fingerprint density at radius 3 is 2.33 bits per heavy atom. The molecule has 12 heavy (non-hydrogen) atoms. The maximum atomic E-state index is 11.5. The summed E-state index contributed by atoms with van der Waals surface area (Å²) in [5.41, 5.74) is 1.80. The van der Waals surface area contributed by atoms with Crippen molar-refractivity contribution in [3.8, 4) is 0 Å². The third-order valence-corrected chi connectivity index (χ3v) is 1.78. The molecule has 1 aromatic rings. The van der Waals surface area contributed by atoms with Crippen LogP contribution in [-0.2, 0) is 0 Å². The molecule has 0 saturated heterocycles. The number of hydrogen-bond acceptors (Lipinski definition) is 1. The van der Waals surface area contributed by atoms with Gasteiger partial charge in [-0.1, -0.05) is 18.2 Å². The summed E-state index contributed by atoms with van der Waals surface area (Å²) in [6.07, 6.45) is 0. The summed E-state index contributed by atoms with van der Waals surface area (Å²) in [4.78, 5) is 13.1. The fourth-order valence-electron chi connectivity index (χ4n) is 1.05. The van der Waals surface area contributed by atoms with Gasteiger partial charge in [-0.25, -0.2) is 0 Å². The number of aryl methyl sites for hydroxylation is 1. The van der Waals surface area contributed by atoms with Gasteiger partial charge in [0.1, 0.15) is 0 Å². The Bertz CT molecular complexity index is 292. The quantitative estimate of drug-likeness (QED) is 0.617. The number of hydrogen-bond donors (Lipinski definition) is 0. The summed E-state index contributed by atoms with van der Waals surface area (Å²) in [7, 11) is 3.52. The van der Waals surface area contributed by atoms with Crippen molar-refractivity contribution in [3.63, 3.8) is 0 Å². The molecule has 64 valence electrons. The van der Waals surface area contributed by atoms with Gasteiger partial charge in [0.2, 0.25) is 0 Å². The molecule has 2 heteroatoms. The van der Waals surface area contributed by atoms with Gasteiger partial charge in [-0.05, 0) is 18.6 Å². The minimum atomic E-state index is 0.0631. The molecule has 0 N–H and O–H groups in total. The lowest BCUT2D eigenvalue weighted by molar-refractivity contribution is 0.0827. The number of carbonyl (C=O) groups is 1. The average molecular weight is 163 g/mol. The number of nitrogens with zero attached hydrogens (tertiary/aromatic N) is 1. The van der Waals surface area contributed by atoms with Gasteiger partial charge < -0.3 is 4.90 Å². The number of rotatable bonds is 1. The van der Waals surface area contributed by atoms with Crippen molar-refractivity contribution in [1.82, 2.24) is 4.90 Å². The van der Waals surface area contributed by atoms with Gasteiger partial charge in [0.15, 0.2) is 0 Å². The molecule has 0 saturated carbocycles. The Balaban J connectivity index is 3.03. The molecule has 1 aromatic carbocycles.